The maximum absolute atomic E-state index is 12.6. The van der Waals surface area contributed by atoms with Gasteiger partial charge in [-0.05, 0) is 48.7 Å². The number of rotatable bonds is 11. The minimum Gasteiger partial charge on any atom is -0.489 e. The number of carbonyl (C=O) groups is 3. The van der Waals surface area contributed by atoms with E-state index in [1.807, 2.05) is 30.3 Å². The monoisotopic (exact) mass is 487 g/mol. The zero-order valence-corrected chi connectivity index (χ0v) is 19.5. The quantitative estimate of drug-likeness (QED) is 0.177. The van der Waals surface area contributed by atoms with E-state index >= 15 is 0 Å². The summed E-state index contributed by atoms with van der Waals surface area (Å²) >= 11 is 0. The number of unbranched alkanes of at least 4 members (excludes halogenated alkanes) is 2. The highest BCUT2D eigenvalue weighted by atomic mass is 16.6. The van der Waals surface area contributed by atoms with E-state index in [1.165, 1.54) is 18.2 Å². The third kappa shape index (κ3) is 5.75. The molecular formula is C27H25N3O6. The minimum atomic E-state index is -0.655. The number of fused-ring (bicyclic) bond motifs is 1. The van der Waals surface area contributed by atoms with E-state index in [2.05, 4.69) is 5.32 Å². The second kappa shape index (κ2) is 11.3. The van der Waals surface area contributed by atoms with Crippen LogP contribution in [0, 0.1) is 10.1 Å². The standard InChI is InChI=1S/C27H25N3O6/c31-24(28-20-13-15-21(16-14-20)36-18-19-8-3-1-4-9-19)12-5-2-6-17-29-26(32)22-10-7-11-23(30(34)35)25(22)27(29)33/h1,3-4,7-11,13-16H,2,5-6,12,17-18H2,(H,28,31). The number of imide groups is 1. The predicted molar refractivity (Wildman–Crippen MR) is 133 cm³/mol. The molecule has 9 nitrogen and oxygen atoms in total. The van der Waals surface area contributed by atoms with Gasteiger partial charge in [0.15, 0.2) is 0 Å². The van der Waals surface area contributed by atoms with Gasteiger partial charge in [-0.2, -0.15) is 0 Å². The van der Waals surface area contributed by atoms with Crippen molar-refractivity contribution >= 4 is 29.1 Å². The molecule has 9 heteroatoms. The van der Waals surface area contributed by atoms with Gasteiger partial charge in [-0.1, -0.05) is 42.8 Å². The maximum atomic E-state index is 12.6. The number of nitro groups is 1. The summed E-state index contributed by atoms with van der Waals surface area (Å²) in [6.45, 7) is 0.611. The zero-order chi connectivity index (χ0) is 25.5. The highest BCUT2D eigenvalue weighted by Gasteiger charge is 2.40. The van der Waals surface area contributed by atoms with Crippen molar-refractivity contribution in [2.24, 2.45) is 0 Å². The van der Waals surface area contributed by atoms with Crippen molar-refractivity contribution in [2.45, 2.75) is 32.3 Å². The summed E-state index contributed by atoms with van der Waals surface area (Å²) in [6.07, 6.45) is 1.99. The van der Waals surface area contributed by atoms with E-state index in [-0.39, 0.29) is 29.3 Å². The van der Waals surface area contributed by atoms with Crippen LogP contribution in [0.15, 0.2) is 72.8 Å². The Kier molecular flexibility index (Phi) is 7.69. The Morgan fingerprint density at radius 2 is 1.64 bits per heavy atom. The molecule has 1 aliphatic heterocycles. The second-order valence-corrected chi connectivity index (χ2v) is 8.38. The molecule has 36 heavy (non-hydrogen) atoms. The number of benzene rings is 3. The molecule has 4 rings (SSSR count). The molecule has 3 aromatic rings. The third-order valence-corrected chi connectivity index (χ3v) is 5.85. The summed E-state index contributed by atoms with van der Waals surface area (Å²) in [6, 6.07) is 21.0. The summed E-state index contributed by atoms with van der Waals surface area (Å²) in [7, 11) is 0. The highest BCUT2D eigenvalue weighted by Crippen LogP contribution is 2.30. The first-order chi connectivity index (χ1) is 17.4. The van der Waals surface area contributed by atoms with Gasteiger partial charge in [0.1, 0.15) is 17.9 Å². The van der Waals surface area contributed by atoms with Crippen LogP contribution >= 0.6 is 0 Å². The molecule has 0 unspecified atom stereocenters. The van der Waals surface area contributed by atoms with E-state index < -0.39 is 16.7 Å². The summed E-state index contributed by atoms with van der Waals surface area (Å²) in [5.74, 6) is -0.594. The Balaban J connectivity index is 1.17. The number of amides is 3. The molecule has 0 atom stereocenters. The van der Waals surface area contributed by atoms with Crippen molar-refractivity contribution in [3.8, 4) is 5.75 Å². The van der Waals surface area contributed by atoms with Crippen LogP contribution in [0.2, 0.25) is 0 Å². The van der Waals surface area contributed by atoms with Gasteiger partial charge < -0.3 is 10.1 Å². The molecule has 0 saturated heterocycles. The van der Waals surface area contributed by atoms with Crippen LogP contribution in [0.3, 0.4) is 0 Å². The van der Waals surface area contributed by atoms with Crippen molar-refractivity contribution in [1.29, 1.82) is 0 Å². The fourth-order valence-corrected chi connectivity index (χ4v) is 4.00. The Labute approximate surface area is 207 Å². The first-order valence-electron chi connectivity index (χ1n) is 11.6. The van der Waals surface area contributed by atoms with Crippen LogP contribution in [-0.2, 0) is 11.4 Å². The van der Waals surface area contributed by atoms with Gasteiger partial charge in [0.05, 0.1) is 10.5 Å². The smallest absolute Gasteiger partial charge is 0.282 e. The van der Waals surface area contributed by atoms with Gasteiger partial charge in [0, 0.05) is 24.7 Å². The normalized spacial score (nSPS) is 12.4. The third-order valence-electron chi connectivity index (χ3n) is 5.85. The molecule has 0 aliphatic carbocycles. The highest BCUT2D eigenvalue weighted by molar-refractivity contribution is 6.23. The summed E-state index contributed by atoms with van der Waals surface area (Å²) in [4.78, 5) is 48.9. The molecule has 3 aromatic carbocycles. The fraction of sp³-hybridized carbons (Fsp3) is 0.222. The number of hydrogen-bond donors (Lipinski definition) is 1. The fourth-order valence-electron chi connectivity index (χ4n) is 4.00. The molecule has 184 valence electrons. The maximum Gasteiger partial charge on any atom is 0.282 e. The summed E-state index contributed by atoms with van der Waals surface area (Å²) in [5, 5.41) is 14.0. The first kappa shape index (κ1) is 24.6. The van der Waals surface area contributed by atoms with Crippen LogP contribution in [0.25, 0.3) is 0 Å². The molecular weight excluding hydrogens is 462 g/mol. The lowest BCUT2D eigenvalue weighted by molar-refractivity contribution is -0.385. The van der Waals surface area contributed by atoms with E-state index in [9.17, 15) is 24.5 Å². The topological polar surface area (TPSA) is 119 Å². The largest absolute Gasteiger partial charge is 0.489 e. The minimum absolute atomic E-state index is 0.0602. The van der Waals surface area contributed by atoms with E-state index in [0.717, 1.165) is 10.5 Å². The SMILES string of the molecule is O=C(CCCCCN1C(=O)c2cccc([N+](=O)[O-])c2C1=O)Nc1ccc(OCc2ccccc2)cc1. The van der Waals surface area contributed by atoms with Gasteiger partial charge in [-0.25, -0.2) is 0 Å². The molecule has 0 spiro atoms. The van der Waals surface area contributed by atoms with Crippen molar-refractivity contribution in [2.75, 3.05) is 11.9 Å². The second-order valence-electron chi connectivity index (χ2n) is 8.38. The molecule has 1 aliphatic rings. The van der Waals surface area contributed by atoms with Gasteiger partial charge >= 0.3 is 0 Å². The molecule has 0 saturated carbocycles. The lowest BCUT2D eigenvalue weighted by Crippen LogP contribution is -2.30. The predicted octanol–water partition coefficient (Wildman–Crippen LogP) is 4.97. The van der Waals surface area contributed by atoms with Gasteiger partial charge in [0.25, 0.3) is 17.5 Å². The van der Waals surface area contributed by atoms with Crippen molar-refractivity contribution < 1.29 is 24.0 Å². The molecule has 1 heterocycles. The van der Waals surface area contributed by atoms with E-state index in [0.29, 0.717) is 43.7 Å². The first-order valence-corrected chi connectivity index (χ1v) is 11.6. The number of ether oxygens (including phenoxy) is 1. The average Bonchev–Trinajstić information content (AvgIpc) is 3.13. The Morgan fingerprint density at radius 1 is 0.889 bits per heavy atom. The van der Waals surface area contributed by atoms with Crippen LogP contribution < -0.4 is 10.1 Å². The average molecular weight is 488 g/mol. The molecule has 0 bridgehead atoms. The number of nitrogens with zero attached hydrogens (tertiary/aromatic N) is 2. The Bertz CT molecular complexity index is 1270. The van der Waals surface area contributed by atoms with Crippen LogP contribution in [-0.4, -0.2) is 34.1 Å². The van der Waals surface area contributed by atoms with Gasteiger partial charge in [0.2, 0.25) is 5.91 Å². The van der Waals surface area contributed by atoms with Crippen molar-refractivity contribution in [3.05, 3.63) is 99.6 Å². The van der Waals surface area contributed by atoms with E-state index in [4.69, 9.17) is 4.74 Å². The van der Waals surface area contributed by atoms with E-state index in [1.54, 1.807) is 24.3 Å². The number of hydrogen-bond acceptors (Lipinski definition) is 6. The summed E-state index contributed by atoms with van der Waals surface area (Å²) in [5.41, 5.74) is 1.29. The molecule has 0 fully saturated rings. The summed E-state index contributed by atoms with van der Waals surface area (Å²) < 4.78 is 5.74. The lowest BCUT2D eigenvalue weighted by Gasteiger charge is -2.13. The van der Waals surface area contributed by atoms with Crippen LogP contribution in [0.4, 0.5) is 11.4 Å². The lowest BCUT2D eigenvalue weighted by atomic mass is 10.1. The molecule has 1 N–H and O–H groups in total. The van der Waals surface area contributed by atoms with Gasteiger partial charge in [-0.3, -0.25) is 29.4 Å². The van der Waals surface area contributed by atoms with Crippen molar-refractivity contribution in [1.82, 2.24) is 4.90 Å². The number of nitrogens with one attached hydrogen (secondary N) is 1. The zero-order valence-electron chi connectivity index (χ0n) is 19.5. The van der Waals surface area contributed by atoms with Crippen LogP contribution in [0.5, 0.6) is 5.75 Å². The number of nitro benzene ring substituents is 1. The van der Waals surface area contributed by atoms with Crippen molar-refractivity contribution in [3.63, 3.8) is 0 Å². The Morgan fingerprint density at radius 3 is 2.36 bits per heavy atom. The molecule has 0 aromatic heterocycles. The number of carbonyl (C=O) groups excluding carboxylic acids is 3. The van der Waals surface area contributed by atoms with Gasteiger partial charge in [-0.15, -0.1) is 0 Å². The number of anilines is 1. The Hall–Kier alpha value is -4.53. The molecule has 3 amide bonds. The molecule has 0 radical (unpaired) electrons. The van der Waals surface area contributed by atoms with Crippen LogP contribution in [0.1, 0.15) is 52.0 Å².